The van der Waals surface area contributed by atoms with E-state index in [1.54, 1.807) is 0 Å². The normalized spacial score (nSPS) is 21.2. The number of rotatable bonds is 1. The monoisotopic (exact) mass is 238 g/mol. The standard InChI is InChI=1S/C12H18N2OS/c1-8-5-4-6-14(7-8)12(15)11-13-9(2)10(3)16-11/h8H,4-7H2,1-3H3. The van der Waals surface area contributed by atoms with Crippen molar-refractivity contribution in [2.45, 2.75) is 33.6 Å². The van der Waals surface area contributed by atoms with Crippen molar-refractivity contribution in [2.75, 3.05) is 13.1 Å². The van der Waals surface area contributed by atoms with Gasteiger partial charge in [-0.25, -0.2) is 4.98 Å². The second-order valence-corrected chi connectivity index (χ2v) is 5.86. The lowest BCUT2D eigenvalue weighted by Crippen LogP contribution is -2.39. The lowest BCUT2D eigenvalue weighted by atomic mass is 10.0. The van der Waals surface area contributed by atoms with Crippen LogP contribution in [0.4, 0.5) is 0 Å². The lowest BCUT2D eigenvalue weighted by Gasteiger charge is -2.30. The predicted molar refractivity (Wildman–Crippen MR) is 65.9 cm³/mol. The lowest BCUT2D eigenvalue weighted by molar-refractivity contribution is 0.0682. The molecule has 1 fully saturated rings. The molecule has 0 aliphatic carbocycles. The summed E-state index contributed by atoms with van der Waals surface area (Å²) in [6.07, 6.45) is 2.36. The van der Waals surface area contributed by atoms with Gasteiger partial charge in [-0.3, -0.25) is 4.79 Å². The van der Waals surface area contributed by atoms with Crippen molar-refractivity contribution >= 4 is 17.2 Å². The highest BCUT2D eigenvalue weighted by atomic mass is 32.1. The Balaban J connectivity index is 2.12. The molecule has 3 nitrogen and oxygen atoms in total. The number of likely N-dealkylation sites (tertiary alicyclic amines) is 1. The highest BCUT2D eigenvalue weighted by Gasteiger charge is 2.24. The molecule has 1 aromatic rings. The highest BCUT2D eigenvalue weighted by Crippen LogP contribution is 2.21. The van der Waals surface area contributed by atoms with Crippen LogP contribution in [-0.4, -0.2) is 28.9 Å². The number of hydrogen-bond acceptors (Lipinski definition) is 3. The van der Waals surface area contributed by atoms with Crippen molar-refractivity contribution in [3.8, 4) is 0 Å². The fourth-order valence-electron chi connectivity index (χ4n) is 2.07. The van der Waals surface area contributed by atoms with Gasteiger partial charge in [0, 0.05) is 18.0 Å². The number of aromatic nitrogens is 1. The Bertz CT molecular complexity index is 380. The molecule has 0 spiro atoms. The molecule has 0 bridgehead atoms. The molecular formula is C12H18N2OS. The molecule has 2 rings (SSSR count). The Labute approximate surface area is 100 Å². The fourth-order valence-corrected chi connectivity index (χ4v) is 2.96. The van der Waals surface area contributed by atoms with Gasteiger partial charge in [-0.05, 0) is 32.6 Å². The Morgan fingerprint density at radius 2 is 2.25 bits per heavy atom. The number of nitrogens with zero attached hydrogens (tertiary/aromatic N) is 2. The van der Waals surface area contributed by atoms with Gasteiger partial charge in [0.2, 0.25) is 0 Å². The summed E-state index contributed by atoms with van der Waals surface area (Å²) in [5.74, 6) is 0.743. The topological polar surface area (TPSA) is 33.2 Å². The summed E-state index contributed by atoms with van der Waals surface area (Å²) >= 11 is 1.52. The Morgan fingerprint density at radius 3 is 2.81 bits per heavy atom. The van der Waals surface area contributed by atoms with E-state index in [1.807, 2.05) is 18.7 Å². The second-order valence-electron chi connectivity index (χ2n) is 4.66. The van der Waals surface area contributed by atoms with Gasteiger partial charge in [-0.15, -0.1) is 11.3 Å². The first-order valence-corrected chi connectivity index (χ1v) is 6.63. The minimum Gasteiger partial charge on any atom is -0.336 e. The van der Waals surface area contributed by atoms with Gasteiger partial charge in [0.25, 0.3) is 5.91 Å². The van der Waals surface area contributed by atoms with Crippen LogP contribution in [0.3, 0.4) is 0 Å². The van der Waals surface area contributed by atoms with E-state index in [0.29, 0.717) is 10.9 Å². The highest BCUT2D eigenvalue weighted by molar-refractivity contribution is 7.13. The van der Waals surface area contributed by atoms with E-state index in [1.165, 1.54) is 17.8 Å². The summed E-state index contributed by atoms with van der Waals surface area (Å²) in [6.45, 7) is 7.96. The number of carbonyl (C=O) groups excluding carboxylic acids is 1. The van der Waals surface area contributed by atoms with Crippen LogP contribution < -0.4 is 0 Å². The number of piperidine rings is 1. The molecule has 0 radical (unpaired) electrons. The Hall–Kier alpha value is -0.900. The maximum atomic E-state index is 12.2. The largest absolute Gasteiger partial charge is 0.336 e. The van der Waals surface area contributed by atoms with Gasteiger partial charge >= 0.3 is 0 Å². The zero-order chi connectivity index (χ0) is 11.7. The molecule has 1 amide bonds. The Kier molecular flexibility index (Phi) is 3.28. The van der Waals surface area contributed by atoms with Gasteiger partial charge in [0.1, 0.15) is 0 Å². The molecule has 4 heteroatoms. The van der Waals surface area contributed by atoms with Gasteiger partial charge < -0.3 is 4.90 Å². The summed E-state index contributed by atoms with van der Waals surface area (Å²) in [7, 11) is 0. The number of thiazole rings is 1. The van der Waals surface area contributed by atoms with Crippen LogP contribution in [0, 0.1) is 19.8 Å². The van der Waals surface area contributed by atoms with Crippen molar-refractivity contribution in [1.82, 2.24) is 9.88 Å². The molecule has 0 N–H and O–H groups in total. The van der Waals surface area contributed by atoms with Gasteiger partial charge in [-0.1, -0.05) is 6.92 Å². The van der Waals surface area contributed by atoms with E-state index in [2.05, 4.69) is 11.9 Å². The molecule has 2 heterocycles. The number of carbonyl (C=O) groups is 1. The summed E-state index contributed by atoms with van der Waals surface area (Å²) in [5.41, 5.74) is 0.985. The third kappa shape index (κ3) is 2.26. The molecule has 1 aromatic heterocycles. The average molecular weight is 238 g/mol. The third-order valence-corrected chi connectivity index (χ3v) is 4.22. The summed E-state index contributed by atoms with van der Waals surface area (Å²) in [5, 5.41) is 0.657. The number of amides is 1. The van der Waals surface area contributed by atoms with E-state index in [-0.39, 0.29) is 5.91 Å². The molecule has 16 heavy (non-hydrogen) atoms. The van der Waals surface area contributed by atoms with Crippen LogP contribution in [0.1, 0.15) is 40.1 Å². The van der Waals surface area contributed by atoms with E-state index in [0.717, 1.165) is 30.1 Å². The molecule has 1 atom stereocenters. The van der Waals surface area contributed by atoms with Crippen LogP contribution in [0.5, 0.6) is 0 Å². The molecule has 1 aliphatic heterocycles. The van der Waals surface area contributed by atoms with Crippen molar-refractivity contribution in [1.29, 1.82) is 0 Å². The number of aryl methyl sites for hydroxylation is 2. The number of hydrogen-bond donors (Lipinski definition) is 0. The summed E-state index contributed by atoms with van der Waals surface area (Å²) in [6, 6.07) is 0. The Morgan fingerprint density at radius 1 is 1.50 bits per heavy atom. The van der Waals surface area contributed by atoms with Crippen molar-refractivity contribution in [3.05, 3.63) is 15.6 Å². The van der Waals surface area contributed by atoms with Gasteiger partial charge in [0.15, 0.2) is 5.01 Å². The quantitative estimate of drug-likeness (QED) is 0.753. The van der Waals surface area contributed by atoms with Crippen molar-refractivity contribution < 1.29 is 4.79 Å². The van der Waals surface area contributed by atoms with E-state index in [9.17, 15) is 4.79 Å². The van der Waals surface area contributed by atoms with E-state index in [4.69, 9.17) is 0 Å². The minimum atomic E-state index is 0.118. The molecule has 1 aliphatic rings. The third-order valence-electron chi connectivity index (χ3n) is 3.16. The summed E-state index contributed by atoms with van der Waals surface area (Å²) < 4.78 is 0. The second kappa shape index (κ2) is 4.53. The zero-order valence-electron chi connectivity index (χ0n) is 10.1. The summed E-state index contributed by atoms with van der Waals surface area (Å²) in [4.78, 5) is 19.6. The van der Waals surface area contributed by atoms with Crippen molar-refractivity contribution in [2.24, 2.45) is 5.92 Å². The smallest absolute Gasteiger partial charge is 0.282 e. The fraction of sp³-hybridized carbons (Fsp3) is 0.667. The molecular weight excluding hydrogens is 220 g/mol. The van der Waals surface area contributed by atoms with E-state index < -0.39 is 0 Å². The van der Waals surface area contributed by atoms with Crippen molar-refractivity contribution in [3.63, 3.8) is 0 Å². The molecule has 1 saturated heterocycles. The van der Waals surface area contributed by atoms with Crippen LogP contribution in [-0.2, 0) is 0 Å². The van der Waals surface area contributed by atoms with Gasteiger partial charge in [-0.2, -0.15) is 0 Å². The SMILES string of the molecule is Cc1nc(C(=O)N2CCCC(C)C2)sc1C. The maximum absolute atomic E-state index is 12.2. The van der Waals surface area contributed by atoms with E-state index >= 15 is 0 Å². The molecule has 0 aromatic carbocycles. The molecule has 1 unspecified atom stereocenters. The molecule has 0 saturated carbocycles. The first-order valence-electron chi connectivity index (χ1n) is 5.81. The minimum absolute atomic E-state index is 0.118. The van der Waals surface area contributed by atoms with Crippen LogP contribution in [0.2, 0.25) is 0 Å². The van der Waals surface area contributed by atoms with Gasteiger partial charge in [0.05, 0.1) is 5.69 Å². The average Bonchev–Trinajstić information content (AvgIpc) is 2.58. The van der Waals surface area contributed by atoms with Crippen LogP contribution >= 0.6 is 11.3 Å². The first kappa shape index (κ1) is 11.6. The maximum Gasteiger partial charge on any atom is 0.282 e. The zero-order valence-corrected chi connectivity index (χ0v) is 10.9. The van der Waals surface area contributed by atoms with Crippen LogP contribution in [0.15, 0.2) is 0 Å². The molecule has 88 valence electrons. The first-order chi connectivity index (χ1) is 7.58. The predicted octanol–water partition coefficient (Wildman–Crippen LogP) is 2.63. The van der Waals surface area contributed by atoms with Crippen LogP contribution in [0.25, 0.3) is 0 Å².